The van der Waals surface area contributed by atoms with Crippen LogP contribution in [0.5, 0.6) is 0 Å². The van der Waals surface area contributed by atoms with Gasteiger partial charge in [0.05, 0.1) is 23.8 Å². The van der Waals surface area contributed by atoms with E-state index in [1.807, 2.05) is 16.7 Å². The van der Waals surface area contributed by atoms with Gasteiger partial charge in [-0.25, -0.2) is 15.0 Å². The van der Waals surface area contributed by atoms with Crippen LogP contribution < -0.4 is 10.2 Å². The van der Waals surface area contributed by atoms with Gasteiger partial charge in [0.2, 0.25) is 0 Å². The van der Waals surface area contributed by atoms with Crippen molar-refractivity contribution in [3.05, 3.63) is 42.5 Å². The summed E-state index contributed by atoms with van der Waals surface area (Å²) in [5.74, 6) is 0.756. The average Bonchev–Trinajstić information content (AvgIpc) is 3.13. The van der Waals surface area contributed by atoms with Crippen molar-refractivity contribution in [3.8, 4) is 0 Å². The predicted molar refractivity (Wildman–Crippen MR) is 106 cm³/mol. The molecule has 1 N–H and O–H groups in total. The van der Waals surface area contributed by atoms with E-state index in [1.54, 1.807) is 24.8 Å². The minimum Gasteiger partial charge on any atom is -0.357 e. The average molecular weight is 364 g/mol. The van der Waals surface area contributed by atoms with Crippen molar-refractivity contribution >= 4 is 28.6 Å². The van der Waals surface area contributed by atoms with E-state index in [4.69, 9.17) is 0 Å². The molecule has 3 aromatic heterocycles. The number of hydrogen-bond donors (Lipinski definition) is 1. The summed E-state index contributed by atoms with van der Waals surface area (Å²) in [5.41, 5.74) is 2.66. The number of amides is 1. The van der Waals surface area contributed by atoms with Crippen LogP contribution in [0.4, 0.5) is 11.5 Å². The smallest absolute Gasteiger partial charge is 0.257 e. The van der Waals surface area contributed by atoms with Crippen LogP contribution in [0, 0.1) is 0 Å². The monoisotopic (exact) mass is 364 g/mol. The van der Waals surface area contributed by atoms with Crippen molar-refractivity contribution in [2.24, 2.45) is 0 Å². The van der Waals surface area contributed by atoms with Gasteiger partial charge in [0.25, 0.3) is 5.91 Å². The van der Waals surface area contributed by atoms with Gasteiger partial charge in [-0.15, -0.1) is 0 Å². The Bertz CT molecular complexity index is 941. The van der Waals surface area contributed by atoms with E-state index in [9.17, 15) is 4.79 Å². The minimum absolute atomic E-state index is 0.212. The Morgan fingerprint density at radius 3 is 2.59 bits per heavy atom. The molecule has 0 aromatic carbocycles. The highest BCUT2D eigenvalue weighted by Crippen LogP contribution is 2.20. The normalized spacial score (nSPS) is 14.7. The number of rotatable bonds is 4. The van der Waals surface area contributed by atoms with Crippen LogP contribution in [0.15, 0.2) is 36.9 Å². The Balaban J connectivity index is 1.47. The van der Waals surface area contributed by atoms with Crippen LogP contribution in [0.1, 0.15) is 49.5 Å². The van der Waals surface area contributed by atoms with Crippen molar-refractivity contribution in [2.75, 3.05) is 23.3 Å². The molecule has 0 saturated carbocycles. The molecular weight excluding hydrogens is 340 g/mol. The first-order valence-electron chi connectivity index (χ1n) is 9.47. The SMILES string of the molecule is CC(C)n1cnc2cc(C(=O)Nc3ccc(N4CCCCC4)nc3)cnc21. The van der Waals surface area contributed by atoms with E-state index in [-0.39, 0.29) is 11.9 Å². The van der Waals surface area contributed by atoms with Crippen LogP contribution in [0.25, 0.3) is 11.2 Å². The van der Waals surface area contributed by atoms with Crippen molar-refractivity contribution in [3.63, 3.8) is 0 Å². The molecule has 0 atom stereocenters. The van der Waals surface area contributed by atoms with E-state index >= 15 is 0 Å². The number of carbonyl (C=O) groups excluding carboxylic acids is 1. The molecule has 0 bridgehead atoms. The van der Waals surface area contributed by atoms with Crippen LogP contribution in [0.2, 0.25) is 0 Å². The van der Waals surface area contributed by atoms with Crippen LogP contribution >= 0.6 is 0 Å². The third-order valence-electron chi connectivity index (χ3n) is 4.92. The van der Waals surface area contributed by atoms with Crippen LogP contribution in [0.3, 0.4) is 0 Å². The molecular formula is C20H24N6O. The number of hydrogen-bond acceptors (Lipinski definition) is 5. The number of piperidine rings is 1. The zero-order valence-electron chi connectivity index (χ0n) is 15.7. The molecule has 140 valence electrons. The predicted octanol–water partition coefficient (Wildman–Crippen LogP) is 3.65. The maximum Gasteiger partial charge on any atom is 0.257 e. The molecule has 1 fully saturated rings. The summed E-state index contributed by atoms with van der Waals surface area (Å²) < 4.78 is 1.99. The summed E-state index contributed by atoms with van der Waals surface area (Å²) in [5, 5.41) is 2.89. The molecule has 7 nitrogen and oxygen atoms in total. The van der Waals surface area contributed by atoms with E-state index in [2.05, 4.69) is 39.0 Å². The molecule has 4 rings (SSSR count). The zero-order chi connectivity index (χ0) is 18.8. The van der Waals surface area contributed by atoms with Crippen molar-refractivity contribution in [1.29, 1.82) is 0 Å². The Morgan fingerprint density at radius 2 is 1.89 bits per heavy atom. The molecule has 0 radical (unpaired) electrons. The second kappa shape index (κ2) is 7.34. The number of nitrogens with one attached hydrogen (secondary N) is 1. The van der Waals surface area contributed by atoms with Gasteiger partial charge in [-0.1, -0.05) is 0 Å². The summed E-state index contributed by atoms with van der Waals surface area (Å²) in [6.07, 6.45) is 8.77. The molecule has 0 spiro atoms. The minimum atomic E-state index is -0.212. The number of fused-ring (bicyclic) bond motifs is 1. The number of anilines is 2. The summed E-state index contributed by atoms with van der Waals surface area (Å²) in [7, 11) is 0. The fraction of sp³-hybridized carbons (Fsp3) is 0.400. The second-order valence-electron chi connectivity index (χ2n) is 7.22. The van der Waals surface area contributed by atoms with Crippen LogP contribution in [-0.4, -0.2) is 38.5 Å². The van der Waals surface area contributed by atoms with Crippen molar-refractivity contribution < 1.29 is 4.79 Å². The number of nitrogens with zero attached hydrogens (tertiary/aromatic N) is 5. The highest BCUT2D eigenvalue weighted by Gasteiger charge is 2.14. The Labute approximate surface area is 158 Å². The summed E-state index contributed by atoms with van der Waals surface area (Å²) in [6.45, 7) is 6.24. The van der Waals surface area contributed by atoms with Crippen molar-refractivity contribution in [1.82, 2.24) is 19.5 Å². The maximum atomic E-state index is 12.6. The summed E-state index contributed by atoms with van der Waals surface area (Å²) >= 11 is 0. The molecule has 1 saturated heterocycles. The number of carbonyl (C=O) groups is 1. The molecule has 4 heterocycles. The Hall–Kier alpha value is -2.96. The van der Waals surface area contributed by atoms with Gasteiger partial charge in [-0.05, 0) is 51.3 Å². The summed E-state index contributed by atoms with van der Waals surface area (Å²) in [6, 6.07) is 5.90. The lowest BCUT2D eigenvalue weighted by Crippen LogP contribution is -2.30. The maximum absolute atomic E-state index is 12.6. The standard InChI is InChI=1S/C20H24N6O/c1-14(2)26-13-23-17-10-15(11-22-19(17)26)20(27)24-16-6-7-18(21-12-16)25-8-4-3-5-9-25/h6-7,10-14H,3-5,8-9H2,1-2H3,(H,24,27). The first-order chi connectivity index (χ1) is 13.1. The largest absolute Gasteiger partial charge is 0.357 e. The lowest BCUT2D eigenvalue weighted by molar-refractivity contribution is 0.102. The topological polar surface area (TPSA) is 75.9 Å². The van der Waals surface area contributed by atoms with Gasteiger partial charge in [0.15, 0.2) is 5.65 Å². The van der Waals surface area contributed by atoms with Gasteiger partial charge in [0, 0.05) is 25.3 Å². The molecule has 1 aliphatic heterocycles. The number of imidazole rings is 1. The quantitative estimate of drug-likeness (QED) is 0.765. The lowest BCUT2D eigenvalue weighted by atomic mass is 10.1. The highest BCUT2D eigenvalue weighted by molar-refractivity contribution is 6.05. The molecule has 1 aliphatic rings. The van der Waals surface area contributed by atoms with Gasteiger partial charge in [-0.2, -0.15) is 0 Å². The van der Waals surface area contributed by atoms with Gasteiger partial charge in [0.1, 0.15) is 11.3 Å². The van der Waals surface area contributed by atoms with E-state index in [0.717, 1.165) is 30.1 Å². The van der Waals surface area contributed by atoms with E-state index in [1.165, 1.54) is 19.3 Å². The van der Waals surface area contributed by atoms with E-state index in [0.29, 0.717) is 11.3 Å². The summed E-state index contributed by atoms with van der Waals surface area (Å²) in [4.78, 5) is 28.1. The Morgan fingerprint density at radius 1 is 1.07 bits per heavy atom. The third kappa shape index (κ3) is 3.63. The molecule has 0 unspecified atom stereocenters. The molecule has 7 heteroatoms. The van der Waals surface area contributed by atoms with Crippen molar-refractivity contribution in [2.45, 2.75) is 39.2 Å². The van der Waals surface area contributed by atoms with E-state index < -0.39 is 0 Å². The van der Waals surface area contributed by atoms with Gasteiger partial charge in [-0.3, -0.25) is 4.79 Å². The molecule has 3 aromatic rings. The van der Waals surface area contributed by atoms with Gasteiger partial charge >= 0.3 is 0 Å². The third-order valence-corrected chi connectivity index (χ3v) is 4.92. The zero-order valence-corrected chi connectivity index (χ0v) is 15.7. The second-order valence-corrected chi connectivity index (χ2v) is 7.22. The Kier molecular flexibility index (Phi) is 4.75. The first kappa shape index (κ1) is 17.5. The number of pyridine rings is 2. The molecule has 1 amide bonds. The first-order valence-corrected chi connectivity index (χ1v) is 9.47. The highest BCUT2D eigenvalue weighted by atomic mass is 16.1. The van der Waals surface area contributed by atoms with Crippen LogP contribution in [-0.2, 0) is 0 Å². The molecule has 0 aliphatic carbocycles. The lowest BCUT2D eigenvalue weighted by Gasteiger charge is -2.27. The molecule has 27 heavy (non-hydrogen) atoms. The number of aromatic nitrogens is 4. The fourth-order valence-electron chi connectivity index (χ4n) is 3.39. The fourth-order valence-corrected chi connectivity index (χ4v) is 3.39. The van der Waals surface area contributed by atoms with Gasteiger partial charge < -0.3 is 14.8 Å².